The first-order chi connectivity index (χ1) is 14.5. The number of hydrogen-bond acceptors (Lipinski definition) is 4. The van der Waals surface area contributed by atoms with Gasteiger partial charge >= 0.3 is 5.97 Å². The summed E-state index contributed by atoms with van der Waals surface area (Å²) in [5.41, 5.74) is 0.918. The highest BCUT2D eigenvalue weighted by atomic mass is 16.5. The molecule has 0 saturated carbocycles. The highest BCUT2D eigenvalue weighted by Crippen LogP contribution is 2.22. The number of nitrogens with two attached hydrogens (primary N) is 1. The molecule has 30 heavy (non-hydrogen) atoms. The second-order valence-corrected chi connectivity index (χ2v) is 8.13. The van der Waals surface area contributed by atoms with Gasteiger partial charge in [0, 0.05) is 6.42 Å². The highest BCUT2D eigenvalue weighted by molar-refractivity contribution is 6.21. The number of nitrogens with zero attached hydrogens (tertiary/aromatic N) is 1. The number of carbonyl (C=O) groups excluding carboxylic acids is 3. The SMILES string of the molecule is CCOC(=O)c1ccc(N2C(=O)C[C@@H]([NH2+]CCC[NH+]3CC[NH+](CC)CC3)C2=O)cc1. The molecule has 3 rings (SSSR count). The lowest BCUT2D eigenvalue weighted by atomic mass is 10.2. The first kappa shape index (κ1) is 22.4. The summed E-state index contributed by atoms with van der Waals surface area (Å²) in [5, 5.41) is 2.01. The fraction of sp³-hybridized carbons (Fsp3) is 0.591. The van der Waals surface area contributed by atoms with E-state index in [4.69, 9.17) is 4.74 Å². The molecule has 4 N–H and O–H groups in total. The van der Waals surface area contributed by atoms with Gasteiger partial charge in [-0.15, -0.1) is 0 Å². The lowest BCUT2D eigenvalue weighted by Gasteiger charge is -2.28. The zero-order chi connectivity index (χ0) is 21.5. The molecule has 164 valence electrons. The summed E-state index contributed by atoms with van der Waals surface area (Å²) in [6.45, 7) is 12.4. The Balaban J connectivity index is 1.46. The van der Waals surface area contributed by atoms with Crippen LogP contribution < -0.4 is 20.0 Å². The van der Waals surface area contributed by atoms with Gasteiger partial charge in [0.15, 0.2) is 6.04 Å². The van der Waals surface area contributed by atoms with Gasteiger partial charge in [-0.25, -0.2) is 9.69 Å². The van der Waals surface area contributed by atoms with Gasteiger partial charge in [-0.1, -0.05) is 0 Å². The predicted molar refractivity (Wildman–Crippen MR) is 112 cm³/mol. The van der Waals surface area contributed by atoms with Gasteiger partial charge in [-0.05, 0) is 38.1 Å². The van der Waals surface area contributed by atoms with Crippen molar-refractivity contribution < 1.29 is 34.2 Å². The Morgan fingerprint density at radius 1 is 1.10 bits per heavy atom. The first-order valence-electron chi connectivity index (χ1n) is 11.2. The van der Waals surface area contributed by atoms with Gasteiger partial charge in [0.1, 0.15) is 26.2 Å². The van der Waals surface area contributed by atoms with E-state index in [0.717, 1.165) is 19.5 Å². The van der Waals surface area contributed by atoms with Crippen molar-refractivity contribution in [1.82, 2.24) is 0 Å². The molecular formula is C22H35N4O4+3. The van der Waals surface area contributed by atoms with Crippen LogP contribution in [0.5, 0.6) is 0 Å². The second kappa shape index (κ2) is 10.7. The van der Waals surface area contributed by atoms with Crippen molar-refractivity contribution in [1.29, 1.82) is 0 Å². The van der Waals surface area contributed by atoms with Gasteiger partial charge < -0.3 is 19.9 Å². The molecule has 2 saturated heterocycles. The molecule has 2 amide bonds. The Morgan fingerprint density at radius 3 is 2.40 bits per heavy atom. The lowest BCUT2D eigenvalue weighted by molar-refractivity contribution is -1.01. The number of anilines is 1. The number of nitrogens with one attached hydrogen (secondary N) is 2. The molecular weight excluding hydrogens is 384 g/mol. The van der Waals surface area contributed by atoms with E-state index < -0.39 is 5.97 Å². The second-order valence-electron chi connectivity index (χ2n) is 8.13. The zero-order valence-electron chi connectivity index (χ0n) is 18.1. The van der Waals surface area contributed by atoms with Crippen LogP contribution in [0.1, 0.15) is 37.0 Å². The molecule has 8 nitrogen and oxygen atoms in total. The van der Waals surface area contributed by atoms with Crippen molar-refractivity contribution in [3.8, 4) is 0 Å². The Labute approximate surface area is 178 Å². The molecule has 0 radical (unpaired) electrons. The van der Waals surface area contributed by atoms with Crippen molar-refractivity contribution in [2.45, 2.75) is 32.7 Å². The van der Waals surface area contributed by atoms with Crippen molar-refractivity contribution >= 4 is 23.5 Å². The van der Waals surface area contributed by atoms with Gasteiger partial charge in [-0.3, -0.25) is 9.59 Å². The maximum absolute atomic E-state index is 12.8. The Kier molecular flexibility index (Phi) is 7.95. The maximum Gasteiger partial charge on any atom is 0.338 e. The van der Waals surface area contributed by atoms with Crippen LogP contribution in [0.15, 0.2) is 24.3 Å². The molecule has 8 heteroatoms. The number of carbonyl (C=O) groups is 3. The summed E-state index contributed by atoms with van der Waals surface area (Å²) in [7, 11) is 0. The van der Waals surface area contributed by atoms with E-state index in [-0.39, 0.29) is 24.3 Å². The third-order valence-corrected chi connectivity index (χ3v) is 6.17. The van der Waals surface area contributed by atoms with Gasteiger partial charge in [0.25, 0.3) is 5.91 Å². The first-order valence-corrected chi connectivity index (χ1v) is 11.2. The van der Waals surface area contributed by atoms with Crippen molar-refractivity contribution in [3.63, 3.8) is 0 Å². The van der Waals surface area contributed by atoms with Crippen LogP contribution in [0, 0.1) is 0 Å². The molecule has 2 aliphatic rings. The largest absolute Gasteiger partial charge is 0.462 e. The number of amides is 2. The number of ether oxygens (including phenoxy) is 1. The van der Waals surface area contributed by atoms with Gasteiger partial charge in [0.2, 0.25) is 5.91 Å². The zero-order valence-corrected chi connectivity index (χ0v) is 18.1. The van der Waals surface area contributed by atoms with E-state index >= 15 is 0 Å². The van der Waals surface area contributed by atoms with Crippen molar-refractivity contribution in [3.05, 3.63) is 29.8 Å². The molecule has 0 spiro atoms. The molecule has 0 unspecified atom stereocenters. The standard InChI is InChI=1S/C22H32N4O4/c1-3-24-12-14-25(15-13-24)11-5-10-23-19-16-20(27)26(21(19)28)18-8-6-17(7-9-18)22(29)30-4-2/h6-9,19,23H,3-5,10-16H2,1-2H3/p+3/t19-/m1/s1. The van der Waals surface area contributed by atoms with E-state index in [2.05, 4.69) is 6.92 Å². The summed E-state index contributed by atoms with van der Waals surface area (Å²) >= 11 is 0. The van der Waals surface area contributed by atoms with E-state index in [1.54, 1.807) is 41.0 Å². The molecule has 2 fully saturated rings. The van der Waals surface area contributed by atoms with Crippen LogP contribution in [0.2, 0.25) is 0 Å². The van der Waals surface area contributed by atoms with Gasteiger partial charge in [-0.2, -0.15) is 0 Å². The third-order valence-electron chi connectivity index (χ3n) is 6.17. The molecule has 1 aromatic rings. The number of rotatable bonds is 9. The average molecular weight is 420 g/mol. The third kappa shape index (κ3) is 5.44. The number of imide groups is 1. The van der Waals surface area contributed by atoms with Crippen LogP contribution in [-0.4, -0.2) is 76.2 Å². The number of quaternary nitrogens is 3. The summed E-state index contributed by atoms with van der Waals surface area (Å²) in [6, 6.07) is 6.09. The Hall–Kier alpha value is -2.29. The fourth-order valence-corrected chi connectivity index (χ4v) is 4.30. The Bertz CT molecular complexity index is 744. The van der Waals surface area contributed by atoms with Crippen molar-refractivity contribution in [2.75, 3.05) is 57.3 Å². The van der Waals surface area contributed by atoms with Crippen LogP contribution in [0.25, 0.3) is 0 Å². The number of benzene rings is 1. The number of hydrogen-bond donors (Lipinski definition) is 3. The topological polar surface area (TPSA) is 89.2 Å². The van der Waals surface area contributed by atoms with E-state index in [1.807, 2.05) is 5.32 Å². The molecule has 2 heterocycles. The summed E-state index contributed by atoms with van der Waals surface area (Å²) in [5.74, 6) is -0.764. The average Bonchev–Trinajstić information content (AvgIpc) is 3.05. The van der Waals surface area contributed by atoms with Crippen LogP contribution in [-0.2, 0) is 14.3 Å². The maximum atomic E-state index is 12.8. The molecule has 1 aromatic carbocycles. The molecule has 0 aromatic heterocycles. The minimum absolute atomic E-state index is 0.170. The minimum Gasteiger partial charge on any atom is -0.462 e. The molecule has 0 aliphatic carbocycles. The number of likely N-dealkylation sites (N-methyl/N-ethyl adjacent to an activating group) is 1. The number of piperazine rings is 1. The quantitative estimate of drug-likeness (QED) is 0.230. The Morgan fingerprint density at radius 2 is 1.77 bits per heavy atom. The van der Waals surface area contributed by atoms with Crippen LogP contribution in [0.4, 0.5) is 5.69 Å². The molecule has 2 aliphatic heterocycles. The van der Waals surface area contributed by atoms with Crippen LogP contribution >= 0.6 is 0 Å². The van der Waals surface area contributed by atoms with Crippen LogP contribution in [0.3, 0.4) is 0 Å². The van der Waals surface area contributed by atoms with Crippen molar-refractivity contribution in [2.24, 2.45) is 0 Å². The van der Waals surface area contributed by atoms with Gasteiger partial charge in [0.05, 0.1) is 43.9 Å². The normalized spacial score (nSPS) is 24.3. The smallest absolute Gasteiger partial charge is 0.338 e. The fourth-order valence-electron chi connectivity index (χ4n) is 4.30. The highest BCUT2D eigenvalue weighted by Gasteiger charge is 2.42. The predicted octanol–water partition coefficient (Wildman–Crippen LogP) is -2.75. The monoisotopic (exact) mass is 419 g/mol. The van der Waals surface area contributed by atoms with E-state index in [0.29, 0.717) is 17.9 Å². The van der Waals surface area contributed by atoms with E-state index in [9.17, 15) is 14.4 Å². The lowest BCUT2D eigenvalue weighted by Crippen LogP contribution is -3.28. The molecule has 0 bridgehead atoms. The minimum atomic E-state index is -0.408. The summed E-state index contributed by atoms with van der Waals surface area (Å²) < 4.78 is 4.97. The number of esters is 1. The molecule has 1 atom stereocenters. The summed E-state index contributed by atoms with van der Waals surface area (Å²) in [4.78, 5) is 41.6. The summed E-state index contributed by atoms with van der Waals surface area (Å²) in [6.07, 6.45) is 1.27. The van der Waals surface area contributed by atoms with E-state index in [1.165, 1.54) is 37.6 Å².